The summed E-state index contributed by atoms with van der Waals surface area (Å²) in [5, 5.41) is 0. The van der Waals surface area contributed by atoms with E-state index < -0.39 is 11.0 Å². The summed E-state index contributed by atoms with van der Waals surface area (Å²) in [6.07, 6.45) is 1.19. The second-order valence-electron chi connectivity index (χ2n) is 6.78. The van der Waals surface area contributed by atoms with Crippen LogP contribution in [0.4, 0.5) is 0 Å². The highest BCUT2D eigenvalue weighted by molar-refractivity contribution is 5.86. The molecule has 0 aliphatic carbocycles. The van der Waals surface area contributed by atoms with Gasteiger partial charge in [0.25, 0.3) is 0 Å². The molecule has 0 saturated carbocycles. The van der Waals surface area contributed by atoms with Gasteiger partial charge in [-0.15, -0.1) is 0 Å². The monoisotopic (exact) mass is 275 g/mol. The average molecular weight is 275 g/mol. The molecular formula is C17H25NO2. The van der Waals surface area contributed by atoms with E-state index in [0.717, 1.165) is 12.0 Å². The standard InChI is InChI=1S/C17H25NO2/c1-16(2,17(3,4)18)15(19)11-14-13-8-6-5-7-12(13)9-10-20-14/h5-8,14H,9-11,18H2,1-4H3. The number of carbonyl (C=O) groups is 1. The normalized spacial score (nSPS) is 19.6. The first-order valence-corrected chi connectivity index (χ1v) is 7.25. The molecule has 1 aromatic carbocycles. The van der Waals surface area contributed by atoms with Gasteiger partial charge in [-0.1, -0.05) is 38.1 Å². The summed E-state index contributed by atoms with van der Waals surface area (Å²) in [7, 11) is 0. The van der Waals surface area contributed by atoms with E-state index in [1.165, 1.54) is 5.56 Å². The van der Waals surface area contributed by atoms with Crippen molar-refractivity contribution in [3.05, 3.63) is 35.4 Å². The molecule has 0 aromatic heterocycles. The van der Waals surface area contributed by atoms with Gasteiger partial charge >= 0.3 is 0 Å². The molecule has 2 N–H and O–H groups in total. The van der Waals surface area contributed by atoms with Gasteiger partial charge in [-0.3, -0.25) is 4.79 Å². The number of hydrogen-bond donors (Lipinski definition) is 1. The van der Waals surface area contributed by atoms with Crippen LogP contribution >= 0.6 is 0 Å². The lowest BCUT2D eigenvalue weighted by molar-refractivity contribution is -0.133. The molecule has 0 spiro atoms. The summed E-state index contributed by atoms with van der Waals surface area (Å²) in [6, 6.07) is 8.22. The van der Waals surface area contributed by atoms with Gasteiger partial charge in [-0.2, -0.15) is 0 Å². The van der Waals surface area contributed by atoms with E-state index in [4.69, 9.17) is 10.5 Å². The largest absolute Gasteiger partial charge is 0.373 e. The predicted octanol–water partition coefficient (Wildman–Crippen LogP) is 3.02. The molecule has 110 valence electrons. The number of Topliss-reactive ketones (excluding diaryl/α,β-unsaturated/α-hetero) is 1. The highest BCUT2D eigenvalue weighted by Gasteiger charge is 2.41. The lowest BCUT2D eigenvalue weighted by Gasteiger charge is -2.38. The minimum atomic E-state index is -0.567. The first kappa shape index (κ1) is 15.2. The predicted molar refractivity (Wildman–Crippen MR) is 80.5 cm³/mol. The molecule has 2 rings (SSSR count). The van der Waals surface area contributed by atoms with Crippen molar-refractivity contribution in [2.24, 2.45) is 11.1 Å². The molecule has 0 amide bonds. The zero-order chi connectivity index (χ0) is 15.0. The van der Waals surface area contributed by atoms with Crippen LogP contribution in [-0.2, 0) is 16.0 Å². The number of hydrogen-bond acceptors (Lipinski definition) is 3. The van der Waals surface area contributed by atoms with Gasteiger partial charge in [0, 0.05) is 17.4 Å². The molecule has 0 radical (unpaired) electrons. The van der Waals surface area contributed by atoms with E-state index in [9.17, 15) is 4.79 Å². The molecule has 1 heterocycles. The molecule has 0 saturated heterocycles. The van der Waals surface area contributed by atoms with E-state index in [2.05, 4.69) is 12.1 Å². The molecule has 0 fully saturated rings. The second-order valence-corrected chi connectivity index (χ2v) is 6.78. The number of nitrogens with two attached hydrogens (primary N) is 1. The Kier molecular flexibility index (Phi) is 4.03. The number of ketones is 1. The third kappa shape index (κ3) is 2.79. The molecule has 3 nitrogen and oxygen atoms in total. The Morgan fingerprint density at radius 2 is 1.95 bits per heavy atom. The molecule has 1 aliphatic rings. The highest BCUT2D eigenvalue weighted by atomic mass is 16.5. The molecule has 3 heteroatoms. The van der Waals surface area contributed by atoms with Crippen LogP contribution in [0.3, 0.4) is 0 Å². The summed E-state index contributed by atoms with van der Waals surface area (Å²) in [4.78, 5) is 12.6. The summed E-state index contributed by atoms with van der Waals surface area (Å²) in [5.74, 6) is 0.159. The number of carbonyl (C=O) groups excluding carboxylic acids is 1. The van der Waals surface area contributed by atoms with Gasteiger partial charge in [-0.05, 0) is 31.4 Å². The molecule has 20 heavy (non-hydrogen) atoms. The van der Waals surface area contributed by atoms with E-state index in [-0.39, 0.29) is 11.9 Å². The van der Waals surface area contributed by atoms with Crippen molar-refractivity contribution in [2.45, 2.75) is 52.2 Å². The fourth-order valence-electron chi connectivity index (χ4n) is 2.43. The quantitative estimate of drug-likeness (QED) is 0.919. The van der Waals surface area contributed by atoms with Gasteiger partial charge in [0.15, 0.2) is 0 Å². The first-order chi connectivity index (χ1) is 9.23. The summed E-state index contributed by atoms with van der Waals surface area (Å²) >= 11 is 0. The van der Waals surface area contributed by atoms with Crippen LogP contribution in [0.25, 0.3) is 0 Å². The van der Waals surface area contributed by atoms with E-state index in [0.29, 0.717) is 13.0 Å². The molecule has 0 bridgehead atoms. The van der Waals surface area contributed by atoms with Crippen molar-refractivity contribution >= 4 is 5.78 Å². The van der Waals surface area contributed by atoms with E-state index in [1.54, 1.807) is 0 Å². The average Bonchev–Trinajstić information content (AvgIpc) is 2.37. The Labute approximate surface area is 121 Å². The van der Waals surface area contributed by atoms with Crippen LogP contribution in [0, 0.1) is 5.41 Å². The zero-order valence-electron chi connectivity index (χ0n) is 12.9. The van der Waals surface area contributed by atoms with Gasteiger partial charge in [0.1, 0.15) is 5.78 Å². The summed E-state index contributed by atoms with van der Waals surface area (Å²) in [6.45, 7) is 8.33. The van der Waals surface area contributed by atoms with Crippen LogP contribution < -0.4 is 5.73 Å². The second kappa shape index (κ2) is 5.30. The maximum Gasteiger partial charge on any atom is 0.143 e. The molecular weight excluding hydrogens is 250 g/mol. The smallest absolute Gasteiger partial charge is 0.143 e. The Morgan fingerprint density at radius 3 is 2.60 bits per heavy atom. The van der Waals surface area contributed by atoms with Gasteiger partial charge in [0.2, 0.25) is 0 Å². The van der Waals surface area contributed by atoms with Crippen LogP contribution in [-0.4, -0.2) is 17.9 Å². The Morgan fingerprint density at radius 1 is 1.30 bits per heavy atom. The number of ether oxygens (including phenoxy) is 1. The minimum Gasteiger partial charge on any atom is -0.373 e. The molecule has 1 aliphatic heterocycles. The van der Waals surface area contributed by atoms with Crippen molar-refractivity contribution in [2.75, 3.05) is 6.61 Å². The van der Waals surface area contributed by atoms with Crippen LogP contribution in [0.15, 0.2) is 24.3 Å². The maximum atomic E-state index is 12.6. The highest BCUT2D eigenvalue weighted by Crippen LogP contribution is 2.36. The fourth-order valence-corrected chi connectivity index (χ4v) is 2.43. The van der Waals surface area contributed by atoms with Crippen molar-refractivity contribution in [1.29, 1.82) is 0 Å². The van der Waals surface area contributed by atoms with Crippen molar-refractivity contribution in [3.8, 4) is 0 Å². The lowest BCUT2D eigenvalue weighted by atomic mass is 9.70. The van der Waals surface area contributed by atoms with Gasteiger partial charge in [0.05, 0.1) is 12.7 Å². The number of benzene rings is 1. The van der Waals surface area contributed by atoms with Crippen LogP contribution in [0.5, 0.6) is 0 Å². The number of rotatable bonds is 4. The van der Waals surface area contributed by atoms with Crippen molar-refractivity contribution in [3.63, 3.8) is 0 Å². The lowest BCUT2D eigenvalue weighted by Crippen LogP contribution is -2.52. The third-order valence-electron chi connectivity index (χ3n) is 4.77. The Bertz CT molecular complexity index is 500. The van der Waals surface area contributed by atoms with Crippen molar-refractivity contribution < 1.29 is 9.53 Å². The number of fused-ring (bicyclic) bond motifs is 1. The molecule has 1 atom stereocenters. The minimum absolute atomic E-state index is 0.130. The van der Waals surface area contributed by atoms with Gasteiger partial charge in [-0.25, -0.2) is 0 Å². The van der Waals surface area contributed by atoms with E-state index in [1.807, 2.05) is 39.8 Å². The molecule has 1 unspecified atom stereocenters. The third-order valence-corrected chi connectivity index (χ3v) is 4.77. The SMILES string of the molecule is CC(C)(N)C(C)(C)C(=O)CC1OCCc2ccccc21. The topological polar surface area (TPSA) is 52.3 Å². The zero-order valence-corrected chi connectivity index (χ0v) is 12.9. The Hall–Kier alpha value is -1.19. The maximum absolute atomic E-state index is 12.6. The van der Waals surface area contributed by atoms with E-state index >= 15 is 0 Å². The van der Waals surface area contributed by atoms with Gasteiger partial charge < -0.3 is 10.5 Å². The van der Waals surface area contributed by atoms with Crippen LogP contribution in [0.2, 0.25) is 0 Å². The van der Waals surface area contributed by atoms with Crippen molar-refractivity contribution in [1.82, 2.24) is 0 Å². The fraction of sp³-hybridized carbons (Fsp3) is 0.588. The van der Waals surface area contributed by atoms with Crippen LogP contribution in [0.1, 0.15) is 51.3 Å². The summed E-state index contributed by atoms with van der Waals surface area (Å²) in [5.41, 5.74) is 7.49. The first-order valence-electron chi connectivity index (χ1n) is 7.25. The molecule has 1 aromatic rings. The summed E-state index contributed by atoms with van der Waals surface area (Å²) < 4.78 is 5.82. The Balaban J connectivity index is 2.18.